The fourth-order valence-electron chi connectivity index (χ4n) is 5.20. The number of alkyl halides is 3. The molecular formula is C28H30F3N5O2. The first-order chi connectivity index (χ1) is 18.3. The summed E-state index contributed by atoms with van der Waals surface area (Å²) < 4.78 is 44.7. The number of nitrogens with zero attached hydrogens (tertiary/aromatic N) is 5. The highest BCUT2D eigenvalue weighted by Crippen LogP contribution is 2.32. The van der Waals surface area contributed by atoms with E-state index in [9.17, 15) is 18.0 Å². The number of amides is 1. The number of piperazine rings is 1. The first-order valence-corrected chi connectivity index (χ1v) is 12.8. The van der Waals surface area contributed by atoms with Gasteiger partial charge in [0.25, 0.3) is 0 Å². The van der Waals surface area contributed by atoms with Gasteiger partial charge in [0, 0.05) is 50.5 Å². The summed E-state index contributed by atoms with van der Waals surface area (Å²) in [6, 6.07) is 16.9. The van der Waals surface area contributed by atoms with Crippen LogP contribution in [0.4, 0.5) is 24.7 Å². The van der Waals surface area contributed by atoms with E-state index in [4.69, 9.17) is 4.74 Å². The molecule has 2 saturated heterocycles. The SMILES string of the molecule is COc1ccccc1-c1ccc(N2CCCC(C(=O)N3CCN(c4cccc(C(F)(F)F)c4)CC3)C2)nn1. The van der Waals surface area contributed by atoms with Crippen LogP contribution in [0.25, 0.3) is 11.3 Å². The summed E-state index contributed by atoms with van der Waals surface area (Å²) in [7, 11) is 1.62. The maximum absolute atomic E-state index is 13.4. The summed E-state index contributed by atoms with van der Waals surface area (Å²) in [5.41, 5.74) is 1.46. The number of methoxy groups -OCH3 is 1. The maximum Gasteiger partial charge on any atom is 0.416 e. The van der Waals surface area contributed by atoms with Crippen LogP contribution < -0.4 is 14.5 Å². The average molecular weight is 526 g/mol. The van der Waals surface area contributed by atoms with Crippen LogP contribution >= 0.6 is 0 Å². The highest BCUT2D eigenvalue weighted by atomic mass is 19.4. The number of hydrogen-bond acceptors (Lipinski definition) is 6. The molecule has 0 N–H and O–H groups in total. The van der Waals surface area contributed by atoms with Crippen molar-refractivity contribution in [1.82, 2.24) is 15.1 Å². The quantitative estimate of drug-likeness (QED) is 0.480. The molecule has 2 aromatic carbocycles. The number of carbonyl (C=O) groups is 1. The van der Waals surface area contributed by atoms with Gasteiger partial charge in [0.15, 0.2) is 5.82 Å². The van der Waals surface area contributed by atoms with E-state index >= 15 is 0 Å². The van der Waals surface area contributed by atoms with E-state index < -0.39 is 11.7 Å². The molecule has 0 aliphatic carbocycles. The van der Waals surface area contributed by atoms with Gasteiger partial charge in [-0.2, -0.15) is 13.2 Å². The van der Waals surface area contributed by atoms with Crippen molar-refractivity contribution in [2.45, 2.75) is 19.0 Å². The second kappa shape index (κ2) is 10.9. The van der Waals surface area contributed by atoms with Crippen molar-refractivity contribution >= 4 is 17.4 Å². The molecule has 200 valence electrons. The predicted octanol–water partition coefficient (Wildman–Crippen LogP) is 4.74. The standard InChI is InChI=1S/C28H30F3N5O2/c1-38-25-10-3-2-9-23(25)24-11-12-26(33-32-24)36-13-5-6-20(19-36)27(37)35-16-14-34(15-17-35)22-8-4-7-21(18-22)28(29,30)31/h2-4,7-12,18,20H,5-6,13-17,19H2,1H3. The Labute approximate surface area is 219 Å². The van der Waals surface area contributed by atoms with Crippen LogP contribution in [0.1, 0.15) is 18.4 Å². The minimum absolute atomic E-state index is 0.0944. The van der Waals surface area contributed by atoms with Gasteiger partial charge in [-0.3, -0.25) is 4.79 Å². The minimum atomic E-state index is -4.38. The summed E-state index contributed by atoms with van der Waals surface area (Å²) in [4.78, 5) is 19.2. The smallest absolute Gasteiger partial charge is 0.416 e. The number of halogens is 3. The average Bonchev–Trinajstić information content (AvgIpc) is 2.96. The summed E-state index contributed by atoms with van der Waals surface area (Å²) in [5.74, 6) is 1.40. The number of anilines is 2. The summed E-state index contributed by atoms with van der Waals surface area (Å²) in [5, 5.41) is 8.84. The van der Waals surface area contributed by atoms with Crippen LogP contribution in [0.5, 0.6) is 5.75 Å². The molecule has 3 heterocycles. The Morgan fingerprint density at radius 1 is 0.921 bits per heavy atom. The lowest BCUT2D eigenvalue weighted by molar-refractivity contribution is -0.137. The molecule has 3 aromatic rings. The van der Waals surface area contributed by atoms with Crippen molar-refractivity contribution in [3.05, 3.63) is 66.2 Å². The third-order valence-corrected chi connectivity index (χ3v) is 7.26. The van der Waals surface area contributed by atoms with Crippen molar-refractivity contribution in [3.8, 4) is 17.0 Å². The van der Waals surface area contributed by atoms with Crippen LogP contribution in [0, 0.1) is 5.92 Å². The Balaban J connectivity index is 1.19. The van der Waals surface area contributed by atoms with Gasteiger partial charge in [0.05, 0.1) is 24.3 Å². The van der Waals surface area contributed by atoms with Gasteiger partial charge >= 0.3 is 6.18 Å². The van der Waals surface area contributed by atoms with E-state index in [1.54, 1.807) is 13.2 Å². The third-order valence-electron chi connectivity index (χ3n) is 7.26. The molecule has 0 saturated carbocycles. The van der Waals surface area contributed by atoms with E-state index in [0.29, 0.717) is 38.4 Å². The highest BCUT2D eigenvalue weighted by molar-refractivity contribution is 5.80. The van der Waals surface area contributed by atoms with E-state index in [1.165, 1.54) is 12.1 Å². The number of para-hydroxylation sites is 1. The largest absolute Gasteiger partial charge is 0.496 e. The minimum Gasteiger partial charge on any atom is -0.496 e. The summed E-state index contributed by atoms with van der Waals surface area (Å²) in [6.07, 6.45) is -2.70. The van der Waals surface area contributed by atoms with Crippen molar-refractivity contribution in [2.75, 3.05) is 56.2 Å². The summed E-state index contributed by atoms with van der Waals surface area (Å²) >= 11 is 0. The number of piperidine rings is 1. The molecule has 1 atom stereocenters. The Bertz CT molecular complexity index is 1260. The molecular weight excluding hydrogens is 495 g/mol. The molecule has 2 fully saturated rings. The van der Waals surface area contributed by atoms with Gasteiger partial charge in [-0.15, -0.1) is 10.2 Å². The highest BCUT2D eigenvalue weighted by Gasteiger charge is 2.33. The molecule has 0 radical (unpaired) electrons. The Hall–Kier alpha value is -3.82. The number of carbonyl (C=O) groups excluding carboxylic acids is 1. The lowest BCUT2D eigenvalue weighted by Gasteiger charge is -2.40. The number of benzene rings is 2. The lowest BCUT2D eigenvalue weighted by Crippen LogP contribution is -2.52. The number of ether oxygens (including phenoxy) is 1. The topological polar surface area (TPSA) is 61.8 Å². The van der Waals surface area contributed by atoms with Crippen LogP contribution in [0.2, 0.25) is 0 Å². The Morgan fingerprint density at radius 2 is 1.71 bits per heavy atom. The lowest BCUT2D eigenvalue weighted by atomic mass is 9.96. The maximum atomic E-state index is 13.4. The molecule has 10 heteroatoms. The Kier molecular flexibility index (Phi) is 7.40. The zero-order valence-corrected chi connectivity index (χ0v) is 21.2. The normalized spacial score (nSPS) is 18.4. The van der Waals surface area contributed by atoms with Gasteiger partial charge in [-0.1, -0.05) is 18.2 Å². The van der Waals surface area contributed by atoms with E-state index in [0.717, 1.165) is 48.3 Å². The Morgan fingerprint density at radius 3 is 2.42 bits per heavy atom. The van der Waals surface area contributed by atoms with Crippen molar-refractivity contribution in [3.63, 3.8) is 0 Å². The van der Waals surface area contributed by atoms with Crippen molar-refractivity contribution in [1.29, 1.82) is 0 Å². The third kappa shape index (κ3) is 5.54. The van der Waals surface area contributed by atoms with Gasteiger partial charge in [-0.05, 0) is 55.3 Å². The van der Waals surface area contributed by atoms with Crippen molar-refractivity contribution < 1.29 is 22.7 Å². The molecule has 7 nitrogen and oxygen atoms in total. The van der Waals surface area contributed by atoms with Gasteiger partial charge in [-0.25, -0.2) is 0 Å². The van der Waals surface area contributed by atoms with Crippen molar-refractivity contribution in [2.24, 2.45) is 5.92 Å². The first-order valence-electron chi connectivity index (χ1n) is 12.8. The monoisotopic (exact) mass is 525 g/mol. The molecule has 2 aliphatic heterocycles. The fourth-order valence-corrected chi connectivity index (χ4v) is 5.20. The second-order valence-corrected chi connectivity index (χ2v) is 9.62. The summed E-state index contributed by atoms with van der Waals surface area (Å²) in [6.45, 7) is 3.34. The molecule has 1 unspecified atom stereocenters. The van der Waals surface area contributed by atoms with E-state index in [1.807, 2.05) is 46.2 Å². The van der Waals surface area contributed by atoms with E-state index in [-0.39, 0.29) is 11.8 Å². The molecule has 1 aromatic heterocycles. The molecule has 0 spiro atoms. The predicted molar refractivity (Wildman–Crippen MR) is 139 cm³/mol. The second-order valence-electron chi connectivity index (χ2n) is 9.62. The molecule has 0 bridgehead atoms. The van der Waals surface area contributed by atoms with Crippen LogP contribution in [0.3, 0.4) is 0 Å². The number of rotatable bonds is 5. The molecule has 38 heavy (non-hydrogen) atoms. The van der Waals surface area contributed by atoms with Crippen LogP contribution in [0.15, 0.2) is 60.7 Å². The molecule has 1 amide bonds. The number of aromatic nitrogens is 2. The van der Waals surface area contributed by atoms with Crippen LogP contribution in [-0.4, -0.2) is 67.4 Å². The molecule has 2 aliphatic rings. The molecule has 5 rings (SSSR count). The van der Waals surface area contributed by atoms with Gasteiger partial charge in [0.1, 0.15) is 5.75 Å². The zero-order chi connectivity index (χ0) is 26.7. The fraction of sp³-hybridized carbons (Fsp3) is 0.393. The first kappa shape index (κ1) is 25.8. The van der Waals surface area contributed by atoms with Gasteiger partial charge in [0.2, 0.25) is 5.91 Å². The van der Waals surface area contributed by atoms with E-state index in [2.05, 4.69) is 15.1 Å². The number of hydrogen-bond donors (Lipinski definition) is 0. The van der Waals surface area contributed by atoms with Crippen LogP contribution in [-0.2, 0) is 11.0 Å². The van der Waals surface area contributed by atoms with Gasteiger partial charge < -0.3 is 19.4 Å². The zero-order valence-electron chi connectivity index (χ0n) is 21.2.